The van der Waals surface area contributed by atoms with Crippen LogP contribution in [0.3, 0.4) is 0 Å². The van der Waals surface area contributed by atoms with Crippen LogP contribution in [-0.4, -0.2) is 9.38 Å². The molecule has 0 saturated carbocycles. The fraction of sp³-hybridized carbons (Fsp3) is 0.0714. The molecule has 2 nitrogen and oxygen atoms in total. The van der Waals surface area contributed by atoms with E-state index in [4.69, 9.17) is 0 Å². The predicted molar refractivity (Wildman–Crippen MR) is 65.3 cm³/mol. The number of aromatic nitrogens is 2. The van der Waals surface area contributed by atoms with Crippen LogP contribution >= 0.6 is 0 Å². The topological polar surface area (TPSA) is 17.3 Å². The number of benzene rings is 1. The van der Waals surface area contributed by atoms with Crippen molar-refractivity contribution in [1.82, 2.24) is 9.38 Å². The Morgan fingerprint density at radius 3 is 2.82 bits per heavy atom. The van der Waals surface area contributed by atoms with E-state index in [-0.39, 0.29) is 5.82 Å². The number of hydrogen-bond donors (Lipinski definition) is 0. The zero-order valence-corrected chi connectivity index (χ0v) is 9.39. The normalized spacial score (nSPS) is 10.9. The number of halogens is 1. The predicted octanol–water partition coefficient (Wildman–Crippen LogP) is 3.45. The van der Waals surface area contributed by atoms with Gasteiger partial charge in [-0.1, -0.05) is 12.1 Å². The van der Waals surface area contributed by atoms with E-state index in [1.807, 2.05) is 35.7 Å². The van der Waals surface area contributed by atoms with Gasteiger partial charge in [0.05, 0.1) is 11.9 Å². The van der Waals surface area contributed by atoms with Crippen LogP contribution < -0.4 is 0 Å². The van der Waals surface area contributed by atoms with Crippen LogP contribution in [0.15, 0.2) is 48.8 Å². The molecule has 0 radical (unpaired) electrons. The summed E-state index contributed by atoms with van der Waals surface area (Å²) in [5, 5.41) is 0. The van der Waals surface area contributed by atoms with E-state index in [0.717, 1.165) is 16.9 Å². The summed E-state index contributed by atoms with van der Waals surface area (Å²) in [6, 6.07) is 10.7. The number of imidazole rings is 1. The van der Waals surface area contributed by atoms with E-state index >= 15 is 0 Å². The molecule has 0 bridgehead atoms. The molecule has 0 aliphatic heterocycles. The Hall–Kier alpha value is -2.16. The van der Waals surface area contributed by atoms with Crippen molar-refractivity contribution in [1.29, 1.82) is 0 Å². The Labute approximate surface area is 98.4 Å². The quantitative estimate of drug-likeness (QED) is 0.621. The highest BCUT2D eigenvalue weighted by molar-refractivity contribution is 5.64. The van der Waals surface area contributed by atoms with E-state index in [1.54, 1.807) is 18.3 Å². The Bertz CT molecular complexity index is 686. The van der Waals surface area contributed by atoms with Gasteiger partial charge in [-0.3, -0.25) is 4.40 Å². The molecule has 0 aliphatic rings. The van der Waals surface area contributed by atoms with Gasteiger partial charge in [0, 0.05) is 11.8 Å². The third-order valence-electron chi connectivity index (χ3n) is 2.82. The lowest BCUT2D eigenvalue weighted by Gasteiger charge is -2.03. The molecule has 0 saturated heterocycles. The van der Waals surface area contributed by atoms with E-state index in [9.17, 15) is 4.39 Å². The maximum Gasteiger partial charge on any atom is 0.137 e. The molecule has 0 fully saturated rings. The number of fused-ring (bicyclic) bond motifs is 1. The highest BCUT2D eigenvalue weighted by Gasteiger charge is 2.09. The van der Waals surface area contributed by atoms with Gasteiger partial charge in [-0.05, 0) is 36.8 Å². The SMILES string of the molecule is Cc1ccn2c(-c3ccccc3F)cnc2c1. The number of nitrogens with zero attached hydrogens (tertiary/aromatic N) is 2. The average molecular weight is 226 g/mol. The van der Waals surface area contributed by atoms with Crippen LogP contribution in [0.4, 0.5) is 4.39 Å². The molecule has 3 heteroatoms. The van der Waals surface area contributed by atoms with Gasteiger partial charge in [-0.25, -0.2) is 9.37 Å². The average Bonchev–Trinajstić information content (AvgIpc) is 2.72. The molecule has 0 unspecified atom stereocenters. The first-order chi connectivity index (χ1) is 8.25. The lowest BCUT2D eigenvalue weighted by atomic mass is 10.1. The van der Waals surface area contributed by atoms with Crippen LogP contribution in [0.5, 0.6) is 0 Å². The summed E-state index contributed by atoms with van der Waals surface area (Å²) < 4.78 is 15.6. The molecular weight excluding hydrogens is 215 g/mol. The number of pyridine rings is 1. The standard InChI is InChI=1S/C14H11FN2/c1-10-6-7-17-13(9-16-14(17)8-10)11-4-2-3-5-12(11)15/h2-9H,1H3. The third-order valence-corrected chi connectivity index (χ3v) is 2.82. The maximum atomic E-state index is 13.7. The first kappa shape index (κ1) is 10.0. The Morgan fingerprint density at radius 2 is 2.00 bits per heavy atom. The smallest absolute Gasteiger partial charge is 0.137 e. The number of hydrogen-bond acceptors (Lipinski definition) is 1. The van der Waals surface area contributed by atoms with Crippen LogP contribution in [0.25, 0.3) is 16.9 Å². The Balaban J connectivity index is 2.29. The van der Waals surface area contributed by atoms with Crippen molar-refractivity contribution in [2.75, 3.05) is 0 Å². The van der Waals surface area contributed by atoms with Crippen molar-refractivity contribution in [3.63, 3.8) is 0 Å². The molecular formula is C14H11FN2. The van der Waals surface area contributed by atoms with Crippen molar-refractivity contribution in [3.05, 3.63) is 60.2 Å². The summed E-state index contributed by atoms with van der Waals surface area (Å²) in [4.78, 5) is 4.29. The van der Waals surface area contributed by atoms with Gasteiger partial charge in [-0.15, -0.1) is 0 Å². The molecule has 0 aliphatic carbocycles. The summed E-state index contributed by atoms with van der Waals surface area (Å²) >= 11 is 0. The summed E-state index contributed by atoms with van der Waals surface area (Å²) in [7, 11) is 0. The highest BCUT2D eigenvalue weighted by atomic mass is 19.1. The van der Waals surface area contributed by atoms with Crippen molar-refractivity contribution in [2.45, 2.75) is 6.92 Å². The largest absolute Gasteiger partial charge is 0.300 e. The first-order valence-corrected chi connectivity index (χ1v) is 5.44. The molecule has 2 aromatic heterocycles. The van der Waals surface area contributed by atoms with Crippen molar-refractivity contribution < 1.29 is 4.39 Å². The summed E-state index contributed by atoms with van der Waals surface area (Å²) in [6.45, 7) is 2.01. The van der Waals surface area contributed by atoms with Gasteiger partial charge >= 0.3 is 0 Å². The minimum Gasteiger partial charge on any atom is -0.300 e. The molecule has 3 rings (SSSR count). The van der Waals surface area contributed by atoms with Crippen molar-refractivity contribution in [3.8, 4) is 11.3 Å². The summed E-state index contributed by atoms with van der Waals surface area (Å²) in [6.07, 6.45) is 3.62. The Morgan fingerprint density at radius 1 is 1.18 bits per heavy atom. The summed E-state index contributed by atoms with van der Waals surface area (Å²) in [5.41, 5.74) is 3.33. The van der Waals surface area contributed by atoms with Crippen LogP contribution in [0, 0.1) is 12.7 Å². The van der Waals surface area contributed by atoms with Gasteiger partial charge in [-0.2, -0.15) is 0 Å². The Kier molecular flexibility index (Phi) is 2.18. The molecule has 84 valence electrons. The minimum absolute atomic E-state index is 0.227. The van der Waals surface area contributed by atoms with Gasteiger partial charge in [0.1, 0.15) is 11.5 Å². The van der Waals surface area contributed by atoms with Gasteiger partial charge < -0.3 is 0 Å². The van der Waals surface area contributed by atoms with Gasteiger partial charge in [0.15, 0.2) is 0 Å². The summed E-state index contributed by atoms with van der Waals surface area (Å²) in [5.74, 6) is -0.227. The molecule has 2 heterocycles. The van der Waals surface area contributed by atoms with E-state index < -0.39 is 0 Å². The van der Waals surface area contributed by atoms with E-state index in [0.29, 0.717) is 5.56 Å². The van der Waals surface area contributed by atoms with E-state index in [1.165, 1.54) is 6.07 Å². The lowest BCUT2D eigenvalue weighted by Crippen LogP contribution is -1.90. The van der Waals surface area contributed by atoms with E-state index in [2.05, 4.69) is 4.98 Å². The van der Waals surface area contributed by atoms with Crippen molar-refractivity contribution in [2.24, 2.45) is 0 Å². The fourth-order valence-corrected chi connectivity index (χ4v) is 1.95. The second-order valence-electron chi connectivity index (χ2n) is 4.06. The van der Waals surface area contributed by atoms with Gasteiger partial charge in [0.25, 0.3) is 0 Å². The third kappa shape index (κ3) is 1.60. The molecule has 3 aromatic rings. The van der Waals surface area contributed by atoms with Crippen LogP contribution in [0.2, 0.25) is 0 Å². The minimum atomic E-state index is -0.227. The van der Waals surface area contributed by atoms with Gasteiger partial charge in [0.2, 0.25) is 0 Å². The molecule has 0 spiro atoms. The first-order valence-electron chi connectivity index (χ1n) is 5.44. The molecule has 0 N–H and O–H groups in total. The molecule has 1 aromatic carbocycles. The van der Waals surface area contributed by atoms with Crippen LogP contribution in [-0.2, 0) is 0 Å². The van der Waals surface area contributed by atoms with Crippen molar-refractivity contribution >= 4 is 5.65 Å². The highest BCUT2D eigenvalue weighted by Crippen LogP contribution is 2.23. The molecule has 0 atom stereocenters. The monoisotopic (exact) mass is 226 g/mol. The second-order valence-corrected chi connectivity index (χ2v) is 4.06. The lowest BCUT2D eigenvalue weighted by molar-refractivity contribution is 0.630. The fourth-order valence-electron chi connectivity index (χ4n) is 1.95. The van der Waals surface area contributed by atoms with Crippen LogP contribution in [0.1, 0.15) is 5.56 Å². The number of rotatable bonds is 1. The molecule has 0 amide bonds. The second kappa shape index (κ2) is 3.70. The zero-order chi connectivity index (χ0) is 11.8. The zero-order valence-electron chi connectivity index (χ0n) is 9.39. The number of aryl methyl sites for hydroxylation is 1. The maximum absolute atomic E-state index is 13.7. The molecule has 17 heavy (non-hydrogen) atoms.